The number of carbonyl (C=O) groups is 3. The number of nitrogens with two attached hydrogens (primary N) is 2. The number of likely N-dealkylation sites (tertiary alicyclic amines) is 2. The number of nitrogens with zero attached hydrogens (tertiary/aromatic N) is 4. The fourth-order valence-corrected chi connectivity index (χ4v) is 5.08. The summed E-state index contributed by atoms with van der Waals surface area (Å²) in [5.74, 6) is 1.64. The Balaban J connectivity index is 0.000000278. The average Bonchev–Trinajstić information content (AvgIpc) is 3.04. The molecule has 4 heterocycles. The van der Waals surface area contributed by atoms with Gasteiger partial charge in [0.1, 0.15) is 21.9 Å². The lowest BCUT2D eigenvalue weighted by molar-refractivity contribution is -0.136. The van der Waals surface area contributed by atoms with E-state index in [0.717, 1.165) is 62.7 Å². The molecule has 2 atom stereocenters. The molecule has 6 N–H and O–H groups in total. The molecule has 2 aliphatic rings. The molecule has 0 radical (unpaired) electrons. The molecule has 0 aliphatic carbocycles. The number of hydrogen-bond donors (Lipinski definition) is 4. The molecule has 4 rings (SSSR count). The number of halogens is 2. The van der Waals surface area contributed by atoms with Crippen LogP contribution in [0.25, 0.3) is 0 Å². The topological polar surface area (TPSA) is 160 Å². The minimum atomic E-state index is -0.297. The van der Waals surface area contributed by atoms with Gasteiger partial charge in [-0.05, 0) is 75.6 Å². The van der Waals surface area contributed by atoms with E-state index >= 15 is 0 Å². The zero-order chi connectivity index (χ0) is 34.4. The first-order valence-electron chi connectivity index (χ1n) is 16.2. The lowest BCUT2D eigenvalue weighted by atomic mass is 10.0. The van der Waals surface area contributed by atoms with Gasteiger partial charge in [-0.15, -0.1) is 0 Å². The SMILES string of the molecule is CC[C@H](C)C(=O)N1CCC(N)CC1.CC[C@H](C)C(=O)N1CCC(NC(=O)Nc2ccc(C)c(Cl)n2)CC1.Cc1ccc(N)nc1Cl. The predicted octanol–water partition coefficient (Wildman–Crippen LogP) is 5.81. The number of carbonyl (C=O) groups excluding carboxylic acids is 3. The number of anilines is 2. The van der Waals surface area contributed by atoms with Gasteiger partial charge in [0.2, 0.25) is 11.8 Å². The summed E-state index contributed by atoms with van der Waals surface area (Å²) >= 11 is 11.6. The second-order valence-corrected chi connectivity index (χ2v) is 12.8. The van der Waals surface area contributed by atoms with Crippen molar-refractivity contribution in [1.82, 2.24) is 25.1 Å². The fraction of sp³-hybridized carbons (Fsp3) is 0.606. The predicted molar refractivity (Wildman–Crippen MR) is 187 cm³/mol. The summed E-state index contributed by atoms with van der Waals surface area (Å²) in [7, 11) is 0. The number of nitrogens with one attached hydrogen (secondary N) is 2. The molecule has 2 aromatic rings. The monoisotopic (exact) mass is 678 g/mol. The molecule has 0 unspecified atom stereocenters. The van der Waals surface area contributed by atoms with Crippen LogP contribution in [0.2, 0.25) is 10.3 Å². The summed E-state index contributed by atoms with van der Waals surface area (Å²) in [5, 5.41) is 6.49. The standard InChI is InChI=1S/C17H25ClN4O2.C10H20N2O.C6H7ClN2/c1-4-11(2)16(23)22-9-7-13(8-10-22)19-17(24)21-14-6-5-12(3)15(18)20-14;1-3-8(2)10(13)12-6-4-9(11)5-7-12;1-4-2-3-5(8)9-6(4)7/h5-6,11,13H,4,7-10H2,1-3H3,(H2,19,20,21,24);8-9H,3-7,11H2,1-2H3;2-3H,1H3,(H2,8,9)/t11-;8-;/m00./s1. The van der Waals surface area contributed by atoms with Gasteiger partial charge in [-0.1, -0.05) is 63.0 Å². The summed E-state index contributed by atoms with van der Waals surface area (Å²) < 4.78 is 0. The van der Waals surface area contributed by atoms with Crippen molar-refractivity contribution < 1.29 is 14.4 Å². The second kappa shape index (κ2) is 19.5. The minimum absolute atomic E-state index is 0.0619. The molecule has 2 fully saturated rings. The molecule has 2 aliphatic heterocycles. The number of nitrogen functional groups attached to an aromatic ring is 1. The highest BCUT2D eigenvalue weighted by Gasteiger charge is 2.26. The number of hydrogen-bond acceptors (Lipinski definition) is 7. The first kappa shape index (κ1) is 39.0. The van der Waals surface area contributed by atoms with E-state index in [1.807, 2.05) is 56.6 Å². The van der Waals surface area contributed by atoms with E-state index in [9.17, 15) is 14.4 Å². The van der Waals surface area contributed by atoms with Gasteiger partial charge in [0, 0.05) is 50.1 Å². The lowest BCUT2D eigenvalue weighted by Crippen LogP contribution is -2.48. The van der Waals surface area contributed by atoms with Crippen LogP contribution in [-0.4, -0.2) is 75.9 Å². The van der Waals surface area contributed by atoms with Crippen LogP contribution in [0.1, 0.15) is 77.3 Å². The number of rotatable bonds is 6. The van der Waals surface area contributed by atoms with Crippen LogP contribution in [0.4, 0.5) is 16.4 Å². The smallest absolute Gasteiger partial charge is 0.320 e. The van der Waals surface area contributed by atoms with Crippen molar-refractivity contribution in [3.8, 4) is 0 Å². The summed E-state index contributed by atoms with van der Waals surface area (Å²) in [6.07, 6.45) is 5.23. The maximum Gasteiger partial charge on any atom is 0.320 e. The Kier molecular flexibility index (Phi) is 16.5. The highest BCUT2D eigenvalue weighted by Crippen LogP contribution is 2.17. The van der Waals surface area contributed by atoms with Gasteiger partial charge >= 0.3 is 6.03 Å². The summed E-state index contributed by atoms with van der Waals surface area (Å²) in [5.41, 5.74) is 12.9. The third kappa shape index (κ3) is 12.9. The number of aryl methyl sites for hydroxylation is 2. The van der Waals surface area contributed by atoms with Crippen molar-refractivity contribution in [2.45, 2.75) is 92.2 Å². The Morgan fingerprint density at radius 3 is 1.72 bits per heavy atom. The van der Waals surface area contributed by atoms with Crippen molar-refractivity contribution in [3.05, 3.63) is 45.7 Å². The molecule has 0 bridgehead atoms. The van der Waals surface area contributed by atoms with Gasteiger partial charge in [-0.25, -0.2) is 14.8 Å². The number of amides is 4. The molecule has 2 aromatic heterocycles. The number of piperidine rings is 2. The van der Waals surface area contributed by atoms with Gasteiger partial charge in [0.15, 0.2) is 0 Å². The third-order valence-corrected chi connectivity index (χ3v) is 9.16. The zero-order valence-electron chi connectivity index (χ0n) is 28.1. The van der Waals surface area contributed by atoms with Gasteiger partial charge in [-0.3, -0.25) is 14.9 Å². The lowest BCUT2D eigenvalue weighted by Gasteiger charge is -2.33. The molecule has 256 valence electrons. The van der Waals surface area contributed by atoms with Crippen LogP contribution in [0.5, 0.6) is 0 Å². The Morgan fingerprint density at radius 1 is 0.826 bits per heavy atom. The molecule has 46 heavy (non-hydrogen) atoms. The summed E-state index contributed by atoms with van der Waals surface area (Å²) in [6.45, 7) is 14.8. The van der Waals surface area contributed by atoms with Crippen LogP contribution >= 0.6 is 23.2 Å². The van der Waals surface area contributed by atoms with E-state index in [0.29, 0.717) is 47.0 Å². The number of urea groups is 1. The number of aromatic nitrogens is 2. The van der Waals surface area contributed by atoms with E-state index in [1.165, 1.54) is 0 Å². The van der Waals surface area contributed by atoms with Crippen molar-refractivity contribution >= 4 is 52.7 Å². The Bertz CT molecular complexity index is 1280. The Hall–Kier alpha value is -3.15. The quantitative estimate of drug-likeness (QED) is 0.281. The van der Waals surface area contributed by atoms with E-state index in [4.69, 9.17) is 34.7 Å². The van der Waals surface area contributed by atoms with Crippen molar-refractivity contribution in [2.24, 2.45) is 17.6 Å². The van der Waals surface area contributed by atoms with Crippen LogP contribution in [0.15, 0.2) is 24.3 Å². The number of pyridine rings is 2. The normalized spacial score (nSPS) is 16.6. The summed E-state index contributed by atoms with van der Waals surface area (Å²) in [4.78, 5) is 47.7. The van der Waals surface area contributed by atoms with E-state index < -0.39 is 0 Å². The molecule has 11 nitrogen and oxygen atoms in total. The average molecular weight is 680 g/mol. The summed E-state index contributed by atoms with van der Waals surface area (Å²) in [6, 6.07) is 7.16. The first-order valence-corrected chi connectivity index (χ1v) is 16.9. The molecule has 13 heteroatoms. The molecule has 4 amide bonds. The van der Waals surface area contributed by atoms with Crippen molar-refractivity contribution in [3.63, 3.8) is 0 Å². The van der Waals surface area contributed by atoms with E-state index in [1.54, 1.807) is 12.1 Å². The molecule has 0 aromatic carbocycles. The molecular formula is C33H52Cl2N8O3. The fourth-order valence-electron chi connectivity index (χ4n) is 4.77. The second-order valence-electron chi connectivity index (χ2n) is 12.1. The van der Waals surface area contributed by atoms with Gasteiger partial charge in [-0.2, -0.15) is 0 Å². The molecule has 2 saturated heterocycles. The third-order valence-electron chi connectivity index (χ3n) is 8.39. The minimum Gasteiger partial charge on any atom is -0.384 e. The van der Waals surface area contributed by atoms with Crippen molar-refractivity contribution in [1.29, 1.82) is 0 Å². The largest absolute Gasteiger partial charge is 0.384 e. The Morgan fingerprint density at radius 2 is 1.28 bits per heavy atom. The maximum absolute atomic E-state index is 12.2. The van der Waals surface area contributed by atoms with Crippen LogP contribution in [0, 0.1) is 25.7 Å². The molecule has 0 saturated carbocycles. The van der Waals surface area contributed by atoms with Crippen molar-refractivity contribution in [2.75, 3.05) is 37.2 Å². The first-order chi connectivity index (χ1) is 21.7. The van der Waals surface area contributed by atoms with Crippen LogP contribution in [-0.2, 0) is 9.59 Å². The highest BCUT2D eigenvalue weighted by atomic mass is 35.5. The molecular weight excluding hydrogens is 627 g/mol. The Labute approximate surface area is 284 Å². The van der Waals surface area contributed by atoms with Gasteiger partial charge in [0.25, 0.3) is 0 Å². The van der Waals surface area contributed by atoms with Gasteiger partial charge in [0.05, 0.1) is 0 Å². The van der Waals surface area contributed by atoms with Crippen LogP contribution in [0.3, 0.4) is 0 Å². The van der Waals surface area contributed by atoms with E-state index in [2.05, 4.69) is 27.5 Å². The highest BCUT2D eigenvalue weighted by molar-refractivity contribution is 6.30. The van der Waals surface area contributed by atoms with E-state index in [-0.39, 0.29) is 29.8 Å². The maximum atomic E-state index is 12.2. The zero-order valence-corrected chi connectivity index (χ0v) is 29.6. The van der Waals surface area contributed by atoms with Gasteiger partial charge < -0.3 is 26.6 Å². The van der Waals surface area contributed by atoms with Crippen LogP contribution < -0.4 is 22.1 Å². The molecule has 0 spiro atoms.